The van der Waals surface area contributed by atoms with E-state index in [2.05, 4.69) is 47.9 Å². The lowest BCUT2D eigenvalue weighted by atomic mass is 10.0. The largest absolute Gasteiger partial charge is 0.481 e. The molecule has 13 amide bonds. The van der Waals surface area contributed by atoms with Crippen LogP contribution in [-0.4, -0.2) is 252 Å². The highest BCUT2D eigenvalue weighted by molar-refractivity contribution is 7.98. The monoisotopic (exact) mass is 1270 g/mol. The zero-order valence-electron chi connectivity index (χ0n) is 49.0. The van der Waals surface area contributed by atoms with Crippen LogP contribution in [-0.2, 0) is 76.7 Å². The van der Waals surface area contributed by atoms with Crippen LogP contribution in [0.3, 0.4) is 0 Å². The minimum Gasteiger partial charge on any atom is -0.481 e. The van der Waals surface area contributed by atoms with Gasteiger partial charge in [0.25, 0.3) is 0 Å². The van der Waals surface area contributed by atoms with Crippen molar-refractivity contribution in [1.82, 2.24) is 57.7 Å². The second kappa shape index (κ2) is 37.4. The van der Waals surface area contributed by atoms with Gasteiger partial charge in [0.05, 0.1) is 25.4 Å². The van der Waals surface area contributed by atoms with E-state index in [0.717, 1.165) is 18.7 Å². The van der Waals surface area contributed by atoms with Gasteiger partial charge in [-0.3, -0.25) is 76.7 Å². The zero-order chi connectivity index (χ0) is 66.7. The van der Waals surface area contributed by atoms with E-state index >= 15 is 0 Å². The molecule has 2 fully saturated rings. The Morgan fingerprint density at radius 3 is 1.38 bits per heavy atom. The molecule has 0 aromatic rings. The summed E-state index contributed by atoms with van der Waals surface area (Å²) in [5.74, 6) is -17.6. The predicted octanol–water partition coefficient (Wildman–Crippen LogP) is -8.84. The molecule has 0 saturated carbocycles. The first kappa shape index (κ1) is 75.8. The van der Waals surface area contributed by atoms with Gasteiger partial charge in [0.15, 0.2) is 0 Å². The van der Waals surface area contributed by atoms with Crippen molar-refractivity contribution in [2.45, 2.75) is 183 Å². The number of aliphatic carboxylic acids is 3. The molecule has 36 nitrogen and oxygen atoms in total. The summed E-state index contributed by atoms with van der Waals surface area (Å²) in [7, 11) is 0. The number of carboxylic acid groups (broad SMARTS) is 3. The third-order valence-corrected chi connectivity index (χ3v) is 14.6. The van der Waals surface area contributed by atoms with E-state index < -0.39 is 238 Å². The molecule has 2 heterocycles. The molecule has 2 aliphatic heterocycles. The van der Waals surface area contributed by atoms with Gasteiger partial charge in [-0.2, -0.15) is 11.8 Å². The number of aliphatic hydroxyl groups is 3. The molecular formula is C51H82N14O22S. The van der Waals surface area contributed by atoms with Gasteiger partial charge in [-0.25, -0.2) is 0 Å². The van der Waals surface area contributed by atoms with Crippen LogP contribution in [0.2, 0.25) is 0 Å². The average Bonchev–Trinajstić information content (AvgIpc) is 2.46. The Morgan fingerprint density at radius 2 is 0.898 bits per heavy atom. The van der Waals surface area contributed by atoms with Gasteiger partial charge >= 0.3 is 17.9 Å². The van der Waals surface area contributed by atoms with Gasteiger partial charge in [0, 0.05) is 38.8 Å². The quantitative estimate of drug-likeness (QED) is 0.0272. The molecule has 0 aromatic carbocycles. The Balaban J connectivity index is 2.34. The number of aliphatic hydroxyl groups excluding tert-OH is 3. The van der Waals surface area contributed by atoms with Crippen molar-refractivity contribution in [3.63, 3.8) is 0 Å². The van der Waals surface area contributed by atoms with Crippen LogP contribution in [0.4, 0.5) is 0 Å². The number of carbonyl (C=O) groups excluding carboxylic acids is 13. The second-order valence-electron chi connectivity index (χ2n) is 20.9. The zero-order valence-corrected chi connectivity index (χ0v) is 49.8. The fourth-order valence-corrected chi connectivity index (χ4v) is 9.47. The number of rotatable bonds is 39. The number of hydrogen-bond donors (Lipinski definition) is 18. The molecule has 13 atom stereocenters. The first-order valence-corrected chi connectivity index (χ1v) is 29.4. The van der Waals surface area contributed by atoms with Gasteiger partial charge in [-0.05, 0) is 90.6 Å². The minimum atomic E-state index is -2.06. The maximum atomic E-state index is 14.3. The maximum Gasteiger partial charge on any atom is 0.325 e. The van der Waals surface area contributed by atoms with E-state index in [4.69, 9.17) is 17.2 Å². The summed E-state index contributed by atoms with van der Waals surface area (Å²) in [4.78, 5) is 210. The van der Waals surface area contributed by atoms with Crippen molar-refractivity contribution in [2.75, 3.05) is 38.3 Å². The third kappa shape index (κ3) is 24.8. The summed E-state index contributed by atoms with van der Waals surface area (Å²) in [6.07, 6.45) is -4.11. The number of likely N-dealkylation sites (tertiary alicyclic amines) is 2. The van der Waals surface area contributed by atoms with Crippen LogP contribution in [0.1, 0.15) is 104 Å². The summed E-state index contributed by atoms with van der Waals surface area (Å²) in [5, 5.41) is 78.7. The molecule has 0 radical (unpaired) electrons. The van der Waals surface area contributed by atoms with Gasteiger partial charge in [0.2, 0.25) is 76.8 Å². The highest BCUT2D eigenvalue weighted by Crippen LogP contribution is 2.26. The predicted molar refractivity (Wildman–Crippen MR) is 303 cm³/mol. The summed E-state index contributed by atoms with van der Waals surface area (Å²) in [6, 6.07) is -19.1. The maximum absolute atomic E-state index is 14.3. The lowest BCUT2D eigenvalue weighted by Crippen LogP contribution is -2.62. The normalized spacial score (nSPS) is 18.3. The molecule has 0 aliphatic carbocycles. The lowest BCUT2D eigenvalue weighted by Gasteiger charge is -2.33. The molecule has 2 aliphatic rings. The van der Waals surface area contributed by atoms with Crippen LogP contribution >= 0.6 is 11.8 Å². The molecule has 0 aromatic heterocycles. The number of carboxylic acids is 3. The first-order chi connectivity index (χ1) is 41.3. The van der Waals surface area contributed by atoms with Gasteiger partial charge in [0.1, 0.15) is 66.5 Å². The van der Waals surface area contributed by atoms with Crippen LogP contribution in [0.15, 0.2) is 0 Å². The molecular weight excluding hydrogens is 1190 g/mol. The minimum absolute atomic E-state index is 0.0439. The third-order valence-electron chi connectivity index (χ3n) is 14.0. The summed E-state index contributed by atoms with van der Waals surface area (Å²) >= 11 is 1.39. The standard InChI is InChI=1S/C51H82N14O22S/c1-23(55-42(77)28(11-15-37(71)72)58-45(80)32(22-67)62-46(81)31(21-66)61-41(76)26(52)17-20-88-4)40(75)57-29(12-16-38(73)74)44(79)63-39(25(3)68)48(83)59-27(9-13-35(53)69)43(78)60-30(10-14-36(54)70)49(84)65-19-6-8-34(65)50(85)64-18-5-7-33(64)47(82)56-24(2)51(86)87/h23-34,39,66-68H,5-22,52H2,1-4H3,(H2,53,69)(H2,54,70)(H,55,77)(H,56,82)(H,57,75)(H,58,80)(H,59,83)(H,60,78)(H,61,76)(H,62,81)(H,63,79)(H,71,72)(H,73,74)(H,86,87)/t23-,24-,25+,26-,27-,28-,29-,30-,31-,32-,33-,34-,39-/m0/s1. The van der Waals surface area contributed by atoms with Gasteiger partial charge < -0.3 is 105 Å². The molecule has 494 valence electrons. The lowest BCUT2D eigenvalue weighted by molar-refractivity contribution is -0.149. The Bertz CT molecular complexity index is 2560. The Kier molecular flexibility index (Phi) is 32.2. The van der Waals surface area contributed by atoms with E-state index in [1.165, 1.54) is 23.6 Å². The number of amides is 13. The molecule has 0 bridgehead atoms. The summed E-state index contributed by atoms with van der Waals surface area (Å²) < 4.78 is 0. The SMILES string of the molecule is CSCC[C@H](N)C(=O)N[C@@H](CO)C(=O)N[C@@H](CO)C(=O)N[C@@H](CCC(=O)O)C(=O)N[C@@H](C)C(=O)N[C@@H](CCC(=O)O)C(=O)N[C@H](C(=O)N[C@@H](CCC(N)=O)C(=O)N[C@@H](CCC(N)=O)C(=O)N1CCC[C@H]1C(=O)N1CCC[C@H]1C(=O)N[C@@H](C)C(=O)O)[C@@H](C)O. The topological polar surface area (TPSA) is 587 Å². The molecule has 2 saturated heterocycles. The van der Waals surface area contributed by atoms with Crippen molar-refractivity contribution >= 4 is 106 Å². The van der Waals surface area contributed by atoms with E-state index in [1.807, 2.05) is 0 Å². The van der Waals surface area contributed by atoms with Crippen LogP contribution in [0.5, 0.6) is 0 Å². The Morgan fingerprint density at radius 1 is 0.489 bits per heavy atom. The van der Waals surface area contributed by atoms with Gasteiger partial charge in [-0.15, -0.1) is 0 Å². The number of carbonyl (C=O) groups is 16. The van der Waals surface area contributed by atoms with Crippen LogP contribution in [0, 0.1) is 0 Å². The highest BCUT2D eigenvalue weighted by atomic mass is 32.2. The second-order valence-corrected chi connectivity index (χ2v) is 21.9. The Labute approximate surface area is 508 Å². The number of nitrogens with two attached hydrogens (primary N) is 3. The molecule has 0 spiro atoms. The molecule has 2 rings (SSSR count). The molecule has 88 heavy (non-hydrogen) atoms. The van der Waals surface area contributed by atoms with E-state index in [0.29, 0.717) is 12.2 Å². The van der Waals surface area contributed by atoms with Crippen LogP contribution in [0.25, 0.3) is 0 Å². The van der Waals surface area contributed by atoms with Crippen molar-refractivity contribution in [1.29, 1.82) is 0 Å². The number of thioether (sulfide) groups is 1. The van der Waals surface area contributed by atoms with E-state index in [9.17, 15) is 107 Å². The number of nitrogens with one attached hydrogen (secondary N) is 9. The summed E-state index contributed by atoms with van der Waals surface area (Å²) in [6.45, 7) is 1.20. The van der Waals surface area contributed by atoms with Crippen LogP contribution < -0.4 is 65.1 Å². The highest BCUT2D eigenvalue weighted by Gasteiger charge is 2.45. The number of nitrogens with zero attached hydrogens (tertiary/aromatic N) is 2. The molecule has 0 unspecified atom stereocenters. The van der Waals surface area contributed by atoms with Crippen molar-refractivity contribution in [3.8, 4) is 0 Å². The fraction of sp³-hybridized carbons (Fsp3) is 0.686. The van der Waals surface area contributed by atoms with E-state index in [1.54, 1.807) is 6.26 Å². The van der Waals surface area contributed by atoms with Crippen molar-refractivity contribution in [3.05, 3.63) is 0 Å². The smallest absolute Gasteiger partial charge is 0.325 e. The molecule has 21 N–H and O–H groups in total. The number of primary amides is 2. The van der Waals surface area contributed by atoms with Gasteiger partial charge in [-0.1, -0.05) is 0 Å². The fourth-order valence-electron chi connectivity index (χ4n) is 8.98. The average molecular weight is 1280 g/mol. The number of hydrogen-bond acceptors (Lipinski definition) is 21. The van der Waals surface area contributed by atoms with Crippen molar-refractivity contribution < 1.29 is 107 Å². The van der Waals surface area contributed by atoms with Crippen molar-refractivity contribution in [2.24, 2.45) is 17.2 Å². The molecule has 37 heteroatoms. The van der Waals surface area contributed by atoms with E-state index in [-0.39, 0.29) is 38.8 Å². The first-order valence-electron chi connectivity index (χ1n) is 28.0. The summed E-state index contributed by atoms with van der Waals surface area (Å²) in [5.41, 5.74) is 16.6. The Hall–Kier alpha value is -8.29.